The number of nitrogens with zero attached hydrogens (tertiary/aromatic N) is 1. The predicted molar refractivity (Wildman–Crippen MR) is 57.2 cm³/mol. The molecule has 0 aliphatic carbocycles. The van der Waals surface area contributed by atoms with Crippen LogP contribution in [0.1, 0.15) is 19.3 Å². The highest BCUT2D eigenvalue weighted by molar-refractivity contribution is 5.75. The summed E-state index contributed by atoms with van der Waals surface area (Å²) >= 11 is 0. The van der Waals surface area contributed by atoms with Crippen LogP contribution in [0.5, 0.6) is 0 Å². The monoisotopic (exact) mass is 199 g/mol. The van der Waals surface area contributed by atoms with Crippen LogP contribution >= 0.6 is 0 Å². The van der Waals surface area contributed by atoms with Crippen LogP contribution in [0.2, 0.25) is 0 Å². The van der Waals surface area contributed by atoms with E-state index >= 15 is 0 Å². The third-order valence-corrected chi connectivity index (χ3v) is 2.69. The highest BCUT2D eigenvalue weighted by Crippen LogP contribution is 2.07. The minimum absolute atomic E-state index is 0.113. The molecule has 2 N–H and O–H groups in total. The van der Waals surface area contributed by atoms with Gasteiger partial charge in [-0.05, 0) is 26.4 Å². The molecule has 1 heterocycles. The molecule has 4 heteroatoms. The highest BCUT2D eigenvalue weighted by atomic mass is 16.1. The topological polar surface area (TPSA) is 44.4 Å². The number of carbonyl (C=O) groups is 1. The van der Waals surface area contributed by atoms with Gasteiger partial charge in [-0.3, -0.25) is 4.79 Å². The minimum Gasteiger partial charge on any atom is -0.359 e. The normalized spacial score (nSPS) is 23.4. The number of likely N-dealkylation sites (N-methyl/N-ethyl adjacent to an activating group) is 1. The number of amides is 1. The summed E-state index contributed by atoms with van der Waals surface area (Å²) in [6.07, 6.45) is 3.07. The van der Waals surface area contributed by atoms with Gasteiger partial charge >= 0.3 is 0 Å². The Morgan fingerprint density at radius 3 is 3.00 bits per heavy atom. The first-order valence-corrected chi connectivity index (χ1v) is 5.35. The lowest BCUT2D eigenvalue weighted by molar-refractivity contribution is -0.120. The third kappa shape index (κ3) is 4.07. The fraction of sp³-hybridized carbons (Fsp3) is 0.900. The lowest BCUT2D eigenvalue weighted by atomic mass is 10.1. The van der Waals surface area contributed by atoms with Crippen molar-refractivity contribution in [2.45, 2.75) is 25.3 Å². The smallest absolute Gasteiger partial charge is 0.221 e. The zero-order valence-electron chi connectivity index (χ0n) is 9.18. The Bertz CT molecular complexity index is 184. The average Bonchev–Trinajstić information content (AvgIpc) is 2.17. The molecule has 1 amide bonds. The predicted octanol–water partition coefficient (Wildman–Crippen LogP) is -0.194. The van der Waals surface area contributed by atoms with Crippen LogP contribution in [0.3, 0.4) is 0 Å². The highest BCUT2D eigenvalue weighted by Gasteiger charge is 2.16. The van der Waals surface area contributed by atoms with Gasteiger partial charge in [0.05, 0.1) is 0 Å². The molecule has 0 radical (unpaired) electrons. The zero-order chi connectivity index (χ0) is 10.4. The molecule has 1 fully saturated rings. The maximum atomic E-state index is 11.0. The van der Waals surface area contributed by atoms with Crippen molar-refractivity contribution in [3.05, 3.63) is 0 Å². The van der Waals surface area contributed by atoms with E-state index in [-0.39, 0.29) is 5.91 Å². The molecule has 1 aliphatic heterocycles. The molecule has 1 atom stereocenters. The Labute approximate surface area is 86.0 Å². The average molecular weight is 199 g/mol. The second-order valence-corrected chi connectivity index (χ2v) is 3.98. The van der Waals surface area contributed by atoms with Crippen LogP contribution in [0.15, 0.2) is 0 Å². The first-order valence-electron chi connectivity index (χ1n) is 5.35. The molecule has 82 valence electrons. The van der Waals surface area contributed by atoms with E-state index in [1.54, 1.807) is 7.05 Å². The number of hydrogen-bond acceptors (Lipinski definition) is 3. The number of hydrogen-bond donors (Lipinski definition) is 2. The van der Waals surface area contributed by atoms with Crippen LogP contribution in [0.25, 0.3) is 0 Å². The van der Waals surface area contributed by atoms with Crippen molar-refractivity contribution in [1.29, 1.82) is 0 Å². The van der Waals surface area contributed by atoms with E-state index in [1.807, 2.05) is 0 Å². The van der Waals surface area contributed by atoms with Crippen molar-refractivity contribution in [2.75, 3.05) is 33.7 Å². The molecular formula is C10H21N3O. The van der Waals surface area contributed by atoms with Crippen LogP contribution in [0, 0.1) is 0 Å². The number of piperidine rings is 1. The summed E-state index contributed by atoms with van der Waals surface area (Å²) < 4.78 is 0. The fourth-order valence-electron chi connectivity index (χ4n) is 1.85. The van der Waals surface area contributed by atoms with Crippen molar-refractivity contribution < 1.29 is 4.79 Å². The first kappa shape index (κ1) is 11.5. The number of likely N-dealkylation sites (tertiary alicyclic amines) is 1. The van der Waals surface area contributed by atoms with E-state index < -0.39 is 0 Å². The Kier molecular flexibility index (Phi) is 4.90. The van der Waals surface area contributed by atoms with Gasteiger partial charge in [-0.25, -0.2) is 0 Å². The third-order valence-electron chi connectivity index (χ3n) is 2.69. The van der Waals surface area contributed by atoms with Gasteiger partial charge in [0.25, 0.3) is 0 Å². The molecule has 0 bridgehead atoms. The Morgan fingerprint density at radius 2 is 2.36 bits per heavy atom. The Hall–Kier alpha value is -0.610. The van der Waals surface area contributed by atoms with Crippen molar-refractivity contribution in [3.8, 4) is 0 Å². The number of carbonyl (C=O) groups excluding carboxylic acids is 1. The zero-order valence-corrected chi connectivity index (χ0v) is 9.18. The quantitative estimate of drug-likeness (QED) is 0.659. The molecule has 1 aliphatic rings. The standard InChI is InChI=1S/C10H21N3O/c1-11-10(14)5-6-12-9-4-3-7-13(2)8-9/h9,12H,3-8H2,1-2H3,(H,11,14). The van der Waals surface area contributed by atoms with Gasteiger partial charge in [-0.1, -0.05) is 0 Å². The molecule has 0 aromatic carbocycles. The minimum atomic E-state index is 0.113. The first-order chi connectivity index (χ1) is 6.72. The van der Waals surface area contributed by atoms with Crippen molar-refractivity contribution in [3.63, 3.8) is 0 Å². The van der Waals surface area contributed by atoms with Crippen LogP contribution in [-0.2, 0) is 4.79 Å². The SMILES string of the molecule is CNC(=O)CCNC1CCCN(C)C1. The van der Waals surface area contributed by atoms with Crippen LogP contribution in [-0.4, -0.2) is 50.6 Å². The molecule has 1 unspecified atom stereocenters. The van der Waals surface area contributed by atoms with Crippen molar-refractivity contribution in [1.82, 2.24) is 15.5 Å². The lowest BCUT2D eigenvalue weighted by Crippen LogP contribution is -2.44. The molecule has 0 spiro atoms. The van der Waals surface area contributed by atoms with Crippen LogP contribution in [0.4, 0.5) is 0 Å². The summed E-state index contributed by atoms with van der Waals surface area (Å²) in [5, 5.41) is 6.04. The fourth-order valence-corrected chi connectivity index (χ4v) is 1.85. The second kappa shape index (κ2) is 5.98. The Morgan fingerprint density at radius 1 is 1.57 bits per heavy atom. The summed E-state index contributed by atoms with van der Waals surface area (Å²) in [5.41, 5.74) is 0. The van der Waals surface area contributed by atoms with E-state index in [0.717, 1.165) is 13.1 Å². The van der Waals surface area contributed by atoms with E-state index in [1.165, 1.54) is 19.4 Å². The van der Waals surface area contributed by atoms with Gasteiger partial charge < -0.3 is 15.5 Å². The summed E-state index contributed by atoms with van der Waals surface area (Å²) in [7, 11) is 3.82. The summed E-state index contributed by atoms with van der Waals surface area (Å²) in [4.78, 5) is 13.3. The maximum Gasteiger partial charge on any atom is 0.221 e. The van der Waals surface area contributed by atoms with E-state index in [2.05, 4.69) is 22.6 Å². The van der Waals surface area contributed by atoms with E-state index in [9.17, 15) is 4.79 Å². The number of rotatable bonds is 4. The lowest BCUT2D eigenvalue weighted by Gasteiger charge is -2.30. The van der Waals surface area contributed by atoms with E-state index in [4.69, 9.17) is 0 Å². The molecule has 14 heavy (non-hydrogen) atoms. The molecule has 4 nitrogen and oxygen atoms in total. The molecule has 1 saturated heterocycles. The van der Waals surface area contributed by atoms with Gasteiger partial charge in [-0.15, -0.1) is 0 Å². The molecule has 1 rings (SSSR count). The maximum absolute atomic E-state index is 11.0. The Balaban J connectivity index is 2.08. The van der Waals surface area contributed by atoms with Gasteiger partial charge in [0, 0.05) is 32.6 Å². The summed E-state index contributed by atoms with van der Waals surface area (Å²) in [5.74, 6) is 0.113. The molecular weight excluding hydrogens is 178 g/mol. The van der Waals surface area contributed by atoms with Gasteiger partial charge in [-0.2, -0.15) is 0 Å². The van der Waals surface area contributed by atoms with Crippen molar-refractivity contribution in [2.24, 2.45) is 0 Å². The van der Waals surface area contributed by atoms with Gasteiger partial charge in [0.2, 0.25) is 5.91 Å². The summed E-state index contributed by atoms with van der Waals surface area (Å²) in [6, 6.07) is 0.568. The summed E-state index contributed by atoms with van der Waals surface area (Å²) in [6.45, 7) is 3.10. The molecule has 0 saturated carbocycles. The van der Waals surface area contributed by atoms with Crippen molar-refractivity contribution >= 4 is 5.91 Å². The van der Waals surface area contributed by atoms with Gasteiger partial charge in [0.15, 0.2) is 0 Å². The van der Waals surface area contributed by atoms with E-state index in [0.29, 0.717) is 12.5 Å². The number of nitrogens with one attached hydrogen (secondary N) is 2. The molecule has 0 aromatic rings. The largest absolute Gasteiger partial charge is 0.359 e. The van der Waals surface area contributed by atoms with Gasteiger partial charge in [0.1, 0.15) is 0 Å². The van der Waals surface area contributed by atoms with Crippen LogP contribution < -0.4 is 10.6 Å². The molecule has 0 aromatic heterocycles. The second-order valence-electron chi connectivity index (χ2n) is 3.98.